The molecule has 0 heterocycles. The fraction of sp³-hybridized carbons (Fsp3) is 0.143. The van der Waals surface area contributed by atoms with Gasteiger partial charge in [-0.05, 0) is 29.8 Å². The van der Waals surface area contributed by atoms with Gasteiger partial charge in [-0.2, -0.15) is 0 Å². The molecule has 18 heavy (non-hydrogen) atoms. The number of halogens is 2. The lowest BCUT2D eigenvalue weighted by Gasteiger charge is -2.19. The molecule has 0 aliphatic rings. The Morgan fingerprint density at radius 1 is 1.17 bits per heavy atom. The van der Waals surface area contributed by atoms with Crippen LogP contribution in [-0.4, -0.2) is 11.7 Å². The zero-order valence-electron chi connectivity index (χ0n) is 9.61. The molecule has 2 aromatic rings. The second-order valence-corrected chi connectivity index (χ2v) is 5.20. The van der Waals surface area contributed by atoms with Crippen molar-refractivity contribution in [1.29, 1.82) is 0 Å². The largest absolute Gasteiger partial charge is 0.394 e. The zero-order valence-corrected chi connectivity index (χ0v) is 11.9. The fourth-order valence-corrected chi connectivity index (χ4v) is 2.70. The highest BCUT2D eigenvalue weighted by atomic mass is 79.9. The summed E-state index contributed by atoms with van der Waals surface area (Å²) in [4.78, 5) is 0. The summed E-state index contributed by atoms with van der Waals surface area (Å²) in [6.07, 6.45) is 0. The maximum absolute atomic E-state index is 9.52. The van der Waals surface area contributed by atoms with Crippen LogP contribution < -0.4 is 5.32 Å². The molecule has 0 spiro atoms. The van der Waals surface area contributed by atoms with Crippen molar-refractivity contribution >= 4 is 33.2 Å². The second-order valence-electron chi connectivity index (χ2n) is 3.91. The zero-order chi connectivity index (χ0) is 13.0. The monoisotopic (exact) mass is 325 g/mol. The van der Waals surface area contributed by atoms with E-state index in [1.165, 1.54) is 0 Å². The van der Waals surface area contributed by atoms with Crippen LogP contribution in [0.5, 0.6) is 0 Å². The van der Waals surface area contributed by atoms with E-state index in [4.69, 9.17) is 11.6 Å². The van der Waals surface area contributed by atoms with Gasteiger partial charge in [0, 0.05) is 15.2 Å². The van der Waals surface area contributed by atoms with Crippen molar-refractivity contribution in [3.8, 4) is 0 Å². The van der Waals surface area contributed by atoms with E-state index in [9.17, 15) is 5.11 Å². The van der Waals surface area contributed by atoms with Crippen LogP contribution in [0.3, 0.4) is 0 Å². The predicted molar refractivity (Wildman–Crippen MR) is 79.0 cm³/mol. The minimum atomic E-state index is -0.168. The molecular weight excluding hydrogens is 314 g/mol. The van der Waals surface area contributed by atoms with Gasteiger partial charge in [-0.1, -0.05) is 51.8 Å². The van der Waals surface area contributed by atoms with Crippen LogP contribution in [0.25, 0.3) is 0 Å². The van der Waals surface area contributed by atoms with E-state index in [1.807, 2.05) is 48.5 Å². The van der Waals surface area contributed by atoms with Crippen LogP contribution in [0.15, 0.2) is 53.0 Å². The summed E-state index contributed by atoms with van der Waals surface area (Å²) < 4.78 is 0.887. The van der Waals surface area contributed by atoms with E-state index >= 15 is 0 Å². The van der Waals surface area contributed by atoms with Crippen LogP contribution in [0.2, 0.25) is 5.02 Å². The van der Waals surface area contributed by atoms with Crippen LogP contribution in [0, 0.1) is 0 Å². The van der Waals surface area contributed by atoms with Crippen molar-refractivity contribution in [3.05, 3.63) is 63.6 Å². The standard InChI is InChI=1S/C14H13BrClNO/c15-13-8-10(16)6-7-12(13)14(9-18)17-11-4-2-1-3-5-11/h1-8,14,17-18H,9H2. The Morgan fingerprint density at radius 3 is 2.50 bits per heavy atom. The molecular formula is C14H13BrClNO. The number of hydrogen-bond acceptors (Lipinski definition) is 2. The Labute approximate surface area is 120 Å². The normalized spacial score (nSPS) is 12.2. The maximum Gasteiger partial charge on any atom is 0.0755 e. The van der Waals surface area contributed by atoms with Gasteiger partial charge in [-0.15, -0.1) is 0 Å². The molecule has 1 atom stereocenters. The minimum absolute atomic E-state index is 0.00905. The van der Waals surface area contributed by atoms with Crippen molar-refractivity contribution in [2.24, 2.45) is 0 Å². The summed E-state index contributed by atoms with van der Waals surface area (Å²) in [5, 5.41) is 13.5. The first-order chi connectivity index (χ1) is 8.70. The molecule has 0 saturated carbocycles. The van der Waals surface area contributed by atoms with Gasteiger partial charge in [0.15, 0.2) is 0 Å². The molecule has 2 rings (SSSR count). The number of anilines is 1. The van der Waals surface area contributed by atoms with E-state index in [0.29, 0.717) is 5.02 Å². The fourth-order valence-electron chi connectivity index (χ4n) is 1.74. The average Bonchev–Trinajstić information content (AvgIpc) is 2.38. The van der Waals surface area contributed by atoms with E-state index in [2.05, 4.69) is 21.2 Å². The van der Waals surface area contributed by atoms with Crippen LogP contribution >= 0.6 is 27.5 Å². The van der Waals surface area contributed by atoms with Gasteiger partial charge in [0.1, 0.15) is 0 Å². The van der Waals surface area contributed by atoms with Crippen molar-refractivity contribution in [1.82, 2.24) is 0 Å². The second kappa shape index (κ2) is 6.23. The molecule has 2 nitrogen and oxygen atoms in total. The van der Waals surface area contributed by atoms with Crippen molar-refractivity contribution < 1.29 is 5.11 Å². The molecule has 0 fully saturated rings. The Balaban J connectivity index is 2.23. The van der Waals surface area contributed by atoms with Crippen LogP contribution in [0.1, 0.15) is 11.6 Å². The van der Waals surface area contributed by atoms with Gasteiger partial charge >= 0.3 is 0 Å². The third-order valence-electron chi connectivity index (χ3n) is 2.64. The Morgan fingerprint density at radius 2 is 1.89 bits per heavy atom. The summed E-state index contributed by atoms with van der Waals surface area (Å²) in [5.74, 6) is 0. The average molecular weight is 327 g/mol. The van der Waals surface area contributed by atoms with E-state index < -0.39 is 0 Å². The highest BCUT2D eigenvalue weighted by Gasteiger charge is 2.13. The number of rotatable bonds is 4. The van der Waals surface area contributed by atoms with Crippen molar-refractivity contribution in [3.63, 3.8) is 0 Å². The van der Waals surface area contributed by atoms with Crippen LogP contribution in [0.4, 0.5) is 5.69 Å². The molecule has 1 unspecified atom stereocenters. The number of hydrogen-bond donors (Lipinski definition) is 2. The number of nitrogens with one attached hydrogen (secondary N) is 1. The number of aliphatic hydroxyl groups excluding tert-OH is 1. The lowest BCUT2D eigenvalue weighted by atomic mass is 10.1. The van der Waals surface area contributed by atoms with Gasteiger partial charge in [-0.3, -0.25) is 0 Å². The lowest BCUT2D eigenvalue weighted by molar-refractivity contribution is 0.276. The highest BCUT2D eigenvalue weighted by molar-refractivity contribution is 9.10. The number of aliphatic hydroxyl groups is 1. The van der Waals surface area contributed by atoms with E-state index in [1.54, 1.807) is 0 Å². The quantitative estimate of drug-likeness (QED) is 0.880. The summed E-state index contributed by atoms with van der Waals surface area (Å²) >= 11 is 9.38. The summed E-state index contributed by atoms with van der Waals surface area (Å²) in [5.41, 5.74) is 1.95. The lowest BCUT2D eigenvalue weighted by Crippen LogP contribution is -2.15. The molecule has 0 amide bonds. The number of para-hydroxylation sites is 1. The molecule has 94 valence electrons. The van der Waals surface area contributed by atoms with Gasteiger partial charge < -0.3 is 10.4 Å². The summed E-state index contributed by atoms with van der Waals surface area (Å²) in [6, 6.07) is 15.2. The smallest absolute Gasteiger partial charge is 0.0755 e. The first kappa shape index (κ1) is 13.4. The SMILES string of the molecule is OCC(Nc1ccccc1)c1ccc(Cl)cc1Br. The molecule has 0 aliphatic heterocycles. The molecule has 4 heteroatoms. The predicted octanol–water partition coefficient (Wildman–Crippen LogP) is 4.25. The van der Waals surface area contributed by atoms with Gasteiger partial charge in [0.25, 0.3) is 0 Å². The van der Waals surface area contributed by atoms with Crippen molar-refractivity contribution in [2.45, 2.75) is 6.04 Å². The van der Waals surface area contributed by atoms with Gasteiger partial charge in [0.05, 0.1) is 12.6 Å². The third-order valence-corrected chi connectivity index (χ3v) is 3.56. The first-order valence-electron chi connectivity index (χ1n) is 5.58. The van der Waals surface area contributed by atoms with Gasteiger partial charge in [-0.25, -0.2) is 0 Å². The third kappa shape index (κ3) is 3.25. The maximum atomic E-state index is 9.52. The molecule has 0 aromatic heterocycles. The molecule has 0 saturated heterocycles. The van der Waals surface area contributed by atoms with Crippen molar-refractivity contribution in [2.75, 3.05) is 11.9 Å². The minimum Gasteiger partial charge on any atom is -0.394 e. The molecule has 0 aliphatic carbocycles. The number of benzene rings is 2. The topological polar surface area (TPSA) is 32.3 Å². The van der Waals surface area contributed by atoms with E-state index in [-0.39, 0.29) is 12.6 Å². The van der Waals surface area contributed by atoms with E-state index in [0.717, 1.165) is 15.7 Å². The molecule has 2 aromatic carbocycles. The first-order valence-corrected chi connectivity index (χ1v) is 6.75. The highest BCUT2D eigenvalue weighted by Crippen LogP contribution is 2.28. The Kier molecular flexibility index (Phi) is 4.64. The molecule has 2 N–H and O–H groups in total. The Bertz CT molecular complexity index is 518. The molecule has 0 radical (unpaired) electrons. The Hall–Kier alpha value is -1.03. The van der Waals surface area contributed by atoms with Crippen LogP contribution in [-0.2, 0) is 0 Å². The molecule has 0 bridgehead atoms. The van der Waals surface area contributed by atoms with Gasteiger partial charge in [0.2, 0.25) is 0 Å². The summed E-state index contributed by atoms with van der Waals surface area (Å²) in [7, 11) is 0. The summed E-state index contributed by atoms with van der Waals surface area (Å²) in [6.45, 7) is 0.00905.